The van der Waals surface area contributed by atoms with Gasteiger partial charge in [0, 0.05) is 17.8 Å². The summed E-state index contributed by atoms with van der Waals surface area (Å²) >= 11 is 0. The highest BCUT2D eigenvalue weighted by molar-refractivity contribution is 5.85. The molecule has 2 heterocycles. The number of hydrogen-bond donors (Lipinski definition) is 1. The smallest absolute Gasteiger partial charge is 0.243 e. The van der Waals surface area contributed by atoms with Gasteiger partial charge in [0.15, 0.2) is 0 Å². The van der Waals surface area contributed by atoms with Crippen LogP contribution >= 0.6 is 12.4 Å². The van der Waals surface area contributed by atoms with Gasteiger partial charge in [-0.05, 0) is 13.0 Å². The second kappa shape index (κ2) is 5.60. The van der Waals surface area contributed by atoms with Gasteiger partial charge in [0.1, 0.15) is 0 Å². The Hall–Kier alpha value is -1.66. The van der Waals surface area contributed by atoms with Crippen molar-refractivity contribution >= 4 is 12.4 Å². The molecule has 2 aromatic rings. The van der Waals surface area contributed by atoms with E-state index in [2.05, 4.69) is 15.1 Å². The van der Waals surface area contributed by atoms with Crippen LogP contribution in [-0.4, -0.2) is 22.2 Å². The van der Waals surface area contributed by atoms with E-state index in [1.54, 1.807) is 26.3 Å². The zero-order valence-electron chi connectivity index (χ0n) is 9.45. The fraction of sp³-hybridized carbons (Fsp3) is 0.300. The average molecular weight is 257 g/mol. The molecule has 0 aliphatic heterocycles. The third kappa shape index (κ3) is 2.92. The summed E-state index contributed by atoms with van der Waals surface area (Å²) in [5, 5.41) is 3.82. The first kappa shape index (κ1) is 13.4. The molecule has 0 aliphatic carbocycles. The Morgan fingerprint density at radius 2 is 2.18 bits per heavy atom. The molecule has 0 fully saturated rings. The first-order valence-electron chi connectivity index (χ1n) is 4.80. The lowest BCUT2D eigenvalue weighted by molar-refractivity contribution is 0.362. The van der Waals surface area contributed by atoms with E-state index >= 15 is 0 Å². The minimum Gasteiger partial charge on any atom is -0.481 e. The molecule has 1 atom stereocenters. The molecule has 0 aliphatic rings. The number of rotatable bonds is 3. The normalized spacial score (nSPS) is 11.7. The molecule has 7 heteroatoms. The lowest BCUT2D eigenvalue weighted by Gasteiger charge is -1.97. The maximum Gasteiger partial charge on any atom is 0.243 e. The fourth-order valence-electron chi connectivity index (χ4n) is 1.17. The number of pyridine rings is 1. The van der Waals surface area contributed by atoms with Crippen molar-refractivity contribution in [3.8, 4) is 17.3 Å². The van der Waals surface area contributed by atoms with Crippen LogP contribution < -0.4 is 10.5 Å². The summed E-state index contributed by atoms with van der Waals surface area (Å²) in [4.78, 5) is 8.20. The van der Waals surface area contributed by atoms with Gasteiger partial charge in [-0.2, -0.15) is 4.98 Å². The van der Waals surface area contributed by atoms with Crippen LogP contribution in [0, 0.1) is 0 Å². The summed E-state index contributed by atoms with van der Waals surface area (Å²) in [6.07, 6.45) is 1.62. The first-order valence-corrected chi connectivity index (χ1v) is 4.80. The monoisotopic (exact) mass is 256 g/mol. The number of halogens is 1. The van der Waals surface area contributed by atoms with E-state index in [0.29, 0.717) is 17.6 Å². The van der Waals surface area contributed by atoms with Crippen LogP contribution in [0.3, 0.4) is 0 Å². The second-order valence-corrected chi connectivity index (χ2v) is 3.33. The first-order chi connectivity index (χ1) is 7.70. The lowest BCUT2D eigenvalue weighted by atomic mass is 10.3. The SMILES string of the molecule is COc1ccc(-c2noc(C(C)N)n2)cn1.Cl. The molecule has 1 unspecified atom stereocenters. The van der Waals surface area contributed by atoms with E-state index < -0.39 is 0 Å². The molecule has 92 valence electrons. The van der Waals surface area contributed by atoms with Gasteiger partial charge in [0.25, 0.3) is 0 Å². The molecule has 2 N–H and O–H groups in total. The van der Waals surface area contributed by atoms with Crippen molar-refractivity contribution in [2.45, 2.75) is 13.0 Å². The van der Waals surface area contributed by atoms with Crippen LogP contribution in [-0.2, 0) is 0 Å². The maximum atomic E-state index is 5.62. The van der Waals surface area contributed by atoms with E-state index in [1.165, 1.54) is 0 Å². The number of nitrogens with zero attached hydrogens (tertiary/aromatic N) is 3. The molecule has 2 aromatic heterocycles. The van der Waals surface area contributed by atoms with Gasteiger partial charge < -0.3 is 15.0 Å². The van der Waals surface area contributed by atoms with Gasteiger partial charge in [-0.3, -0.25) is 0 Å². The van der Waals surface area contributed by atoms with Crippen molar-refractivity contribution in [1.82, 2.24) is 15.1 Å². The van der Waals surface area contributed by atoms with Crippen molar-refractivity contribution in [2.24, 2.45) is 5.73 Å². The molecule has 0 radical (unpaired) electrons. The zero-order valence-corrected chi connectivity index (χ0v) is 10.3. The van der Waals surface area contributed by atoms with E-state index in [1.807, 2.05) is 6.07 Å². The Labute approximate surface area is 105 Å². The van der Waals surface area contributed by atoms with Crippen molar-refractivity contribution in [3.05, 3.63) is 24.2 Å². The molecule has 0 saturated carbocycles. The van der Waals surface area contributed by atoms with E-state index in [4.69, 9.17) is 15.0 Å². The maximum absolute atomic E-state index is 5.62. The lowest BCUT2D eigenvalue weighted by Crippen LogP contribution is -2.04. The van der Waals surface area contributed by atoms with Gasteiger partial charge in [0.2, 0.25) is 17.6 Å². The highest BCUT2D eigenvalue weighted by Crippen LogP contribution is 2.18. The van der Waals surface area contributed by atoms with Crippen molar-refractivity contribution in [3.63, 3.8) is 0 Å². The summed E-state index contributed by atoms with van der Waals surface area (Å²) in [6.45, 7) is 1.78. The highest BCUT2D eigenvalue weighted by atomic mass is 35.5. The number of methoxy groups -OCH3 is 1. The summed E-state index contributed by atoms with van der Waals surface area (Å²) in [5.41, 5.74) is 6.38. The van der Waals surface area contributed by atoms with Gasteiger partial charge in [-0.1, -0.05) is 5.16 Å². The predicted molar refractivity (Wildman–Crippen MR) is 63.9 cm³/mol. The quantitative estimate of drug-likeness (QED) is 0.897. The number of nitrogens with two attached hydrogens (primary N) is 1. The van der Waals surface area contributed by atoms with Crippen LogP contribution in [0.1, 0.15) is 18.9 Å². The summed E-state index contributed by atoms with van der Waals surface area (Å²) in [6, 6.07) is 3.27. The molecule has 0 spiro atoms. The van der Waals surface area contributed by atoms with E-state index in [-0.39, 0.29) is 18.4 Å². The number of aromatic nitrogens is 3. The van der Waals surface area contributed by atoms with E-state index in [0.717, 1.165) is 5.56 Å². The van der Waals surface area contributed by atoms with Crippen molar-refractivity contribution in [2.75, 3.05) is 7.11 Å². The Morgan fingerprint density at radius 3 is 2.65 bits per heavy atom. The van der Waals surface area contributed by atoms with Crippen LogP contribution in [0.5, 0.6) is 5.88 Å². The fourth-order valence-corrected chi connectivity index (χ4v) is 1.17. The van der Waals surface area contributed by atoms with Gasteiger partial charge in [0.05, 0.1) is 13.2 Å². The Morgan fingerprint density at radius 1 is 1.41 bits per heavy atom. The number of hydrogen-bond acceptors (Lipinski definition) is 6. The van der Waals surface area contributed by atoms with Crippen LogP contribution in [0.15, 0.2) is 22.9 Å². The molecular weight excluding hydrogens is 244 g/mol. The summed E-state index contributed by atoms with van der Waals surface area (Å²) < 4.78 is 9.95. The van der Waals surface area contributed by atoms with Crippen molar-refractivity contribution in [1.29, 1.82) is 0 Å². The average Bonchev–Trinajstić information content (AvgIpc) is 2.78. The van der Waals surface area contributed by atoms with Gasteiger partial charge in [-0.25, -0.2) is 4.98 Å². The largest absolute Gasteiger partial charge is 0.481 e. The standard InChI is InChI=1S/C10H12N4O2.ClH/c1-6(11)10-13-9(14-16-10)7-3-4-8(15-2)12-5-7;/h3-6H,11H2,1-2H3;1H. The van der Waals surface area contributed by atoms with Crippen LogP contribution in [0.2, 0.25) is 0 Å². The molecule has 2 rings (SSSR count). The minimum absolute atomic E-state index is 0. The minimum atomic E-state index is -0.271. The van der Waals surface area contributed by atoms with Crippen molar-refractivity contribution < 1.29 is 9.26 Å². The van der Waals surface area contributed by atoms with Crippen LogP contribution in [0.25, 0.3) is 11.4 Å². The molecule has 17 heavy (non-hydrogen) atoms. The Kier molecular flexibility index (Phi) is 4.42. The molecule has 6 nitrogen and oxygen atoms in total. The molecule has 0 aromatic carbocycles. The topological polar surface area (TPSA) is 87.1 Å². The van der Waals surface area contributed by atoms with Gasteiger partial charge in [-0.15, -0.1) is 12.4 Å². The zero-order chi connectivity index (χ0) is 11.5. The summed E-state index contributed by atoms with van der Waals surface area (Å²) in [7, 11) is 1.56. The van der Waals surface area contributed by atoms with E-state index in [9.17, 15) is 0 Å². The predicted octanol–water partition coefficient (Wildman–Crippen LogP) is 1.58. The van der Waals surface area contributed by atoms with Crippen LogP contribution in [0.4, 0.5) is 0 Å². The molecular formula is C10H13ClN4O2. The molecule has 0 bridgehead atoms. The third-order valence-electron chi connectivity index (χ3n) is 2.03. The molecule has 0 saturated heterocycles. The second-order valence-electron chi connectivity index (χ2n) is 3.33. The molecule has 0 amide bonds. The Bertz CT molecular complexity index is 469. The van der Waals surface area contributed by atoms with Gasteiger partial charge >= 0.3 is 0 Å². The summed E-state index contributed by atoms with van der Waals surface area (Å²) in [5.74, 6) is 1.42. The number of ether oxygens (including phenoxy) is 1. The highest BCUT2D eigenvalue weighted by Gasteiger charge is 2.11. The third-order valence-corrected chi connectivity index (χ3v) is 2.03. The Balaban J connectivity index is 0.00000144.